The lowest BCUT2D eigenvalue weighted by Crippen LogP contribution is -2.54. The van der Waals surface area contributed by atoms with E-state index in [0.29, 0.717) is 22.0 Å². The average molecular weight is 562 g/mol. The minimum atomic E-state index is -1.11. The number of para-hydroxylation sites is 2. The van der Waals surface area contributed by atoms with Gasteiger partial charge in [-0.25, -0.2) is 10.3 Å². The molecule has 2 bridgehead atoms. The molecule has 1 aliphatic heterocycles. The molecule has 2 atom stereocenters. The lowest BCUT2D eigenvalue weighted by atomic mass is 9.47. The van der Waals surface area contributed by atoms with E-state index in [1.54, 1.807) is 54.7 Å². The van der Waals surface area contributed by atoms with Gasteiger partial charge < -0.3 is 4.74 Å². The van der Waals surface area contributed by atoms with E-state index in [0.717, 1.165) is 22.3 Å². The van der Waals surface area contributed by atoms with Crippen LogP contribution in [0.15, 0.2) is 102 Å². The standard InChI is InChI=1S/C33H24ClN3O4/c1-41-26-17-9-4-12-21(26)30(38)36-35-18-33-22-13-5-2-10-19(22)27(20-11-3-6-14-23(20)33)28-29(33)32(40)37(31(28)39)25-16-8-7-15-24(25)34/h2-18,27-29H,1H3,(H,36,38)/b35-18-/t27?,28-,29-,33?/m1/s1. The van der Waals surface area contributed by atoms with E-state index in [1.807, 2.05) is 48.5 Å². The van der Waals surface area contributed by atoms with Crippen LogP contribution in [-0.4, -0.2) is 31.0 Å². The fraction of sp³-hybridized carbons (Fsp3) is 0.152. The Morgan fingerprint density at radius 1 is 0.878 bits per heavy atom. The molecule has 3 amide bonds. The van der Waals surface area contributed by atoms with Crippen molar-refractivity contribution in [3.05, 3.63) is 130 Å². The molecule has 0 spiro atoms. The Hall–Kier alpha value is -4.75. The number of ether oxygens (including phenoxy) is 1. The van der Waals surface area contributed by atoms with E-state index in [9.17, 15) is 14.4 Å². The van der Waals surface area contributed by atoms with Gasteiger partial charge in [-0.15, -0.1) is 0 Å². The maximum atomic E-state index is 14.4. The second kappa shape index (κ2) is 9.42. The number of rotatable bonds is 5. The van der Waals surface area contributed by atoms with E-state index in [2.05, 4.69) is 10.5 Å². The lowest BCUT2D eigenvalue weighted by Gasteiger charge is -2.52. The van der Waals surface area contributed by atoms with Gasteiger partial charge in [0, 0.05) is 12.1 Å². The third-order valence-corrected chi connectivity index (χ3v) is 8.88. The van der Waals surface area contributed by atoms with E-state index >= 15 is 0 Å². The van der Waals surface area contributed by atoms with Crippen LogP contribution < -0.4 is 15.1 Å². The SMILES string of the molecule is COc1ccccc1C(=O)N/N=C\C12c3ccccc3C(c3ccccc31)[C@H]1C(=O)N(c3ccccc3Cl)C(=O)[C@@H]12. The number of amides is 3. The molecule has 1 fully saturated rings. The topological polar surface area (TPSA) is 88.1 Å². The highest BCUT2D eigenvalue weighted by molar-refractivity contribution is 6.36. The normalized spacial score (nSPS) is 23.8. The highest BCUT2D eigenvalue weighted by Crippen LogP contribution is 2.63. The highest BCUT2D eigenvalue weighted by atomic mass is 35.5. The number of imide groups is 1. The Balaban J connectivity index is 1.41. The number of hydrogen-bond donors (Lipinski definition) is 1. The maximum Gasteiger partial charge on any atom is 0.275 e. The molecule has 1 N–H and O–H groups in total. The molecule has 0 radical (unpaired) electrons. The summed E-state index contributed by atoms with van der Waals surface area (Å²) in [5.41, 5.74) is 5.94. The van der Waals surface area contributed by atoms with Crippen molar-refractivity contribution in [3.63, 3.8) is 0 Å². The molecule has 8 rings (SSSR count). The number of methoxy groups -OCH3 is 1. The first-order valence-electron chi connectivity index (χ1n) is 13.3. The summed E-state index contributed by atoms with van der Waals surface area (Å²) in [7, 11) is 1.50. The van der Waals surface area contributed by atoms with E-state index in [4.69, 9.17) is 16.3 Å². The first-order chi connectivity index (χ1) is 20.0. The largest absolute Gasteiger partial charge is 0.496 e. The summed E-state index contributed by atoms with van der Waals surface area (Å²) in [6, 6.07) is 29.5. The van der Waals surface area contributed by atoms with Gasteiger partial charge in [0.15, 0.2) is 0 Å². The van der Waals surface area contributed by atoms with Gasteiger partial charge >= 0.3 is 0 Å². The van der Waals surface area contributed by atoms with E-state index in [1.165, 1.54) is 12.0 Å². The van der Waals surface area contributed by atoms with Crippen molar-refractivity contribution >= 4 is 41.2 Å². The summed E-state index contributed by atoms with van der Waals surface area (Å²) in [6.45, 7) is 0. The zero-order chi connectivity index (χ0) is 28.3. The second-order valence-electron chi connectivity index (χ2n) is 10.4. The smallest absolute Gasteiger partial charge is 0.275 e. The van der Waals surface area contributed by atoms with Gasteiger partial charge in [-0.1, -0.05) is 84.4 Å². The lowest BCUT2D eigenvalue weighted by molar-refractivity contribution is -0.122. The molecule has 1 heterocycles. The number of carbonyl (C=O) groups is 3. The van der Waals surface area contributed by atoms with Crippen molar-refractivity contribution in [1.29, 1.82) is 0 Å². The quantitative estimate of drug-likeness (QED) is 0.203. The molecule has 4 aromatic carbocycles. The van der Waals surface area contributed by atoms with Gasteiger partial charge in [0.1, 0.15) is 5.75 Å². The summed E-state index contributed by atoms with van der Waals surface area (Å²) < 4.78 is 5.34. The van der Waals surface area contributed by atoms with Crippen molar-refractivity contribution in [1.82, 2.24) is 5.43 Å². The van der Waals surface area contributed by atoms with Crippen LogP contribution in [0.25, 0.3) is 0 Å². The first kappa shape index (κ1) is 25.2. The van der Waals surface area contributed by atoms with Crippen molar-refractivity contribution in [2.45, 2.75) is 11.3 Å². The third-order valence-electron chi connectivity index (χ3n) is 8.56. The van der Waals surface area contributed by atoms with Crippen LogP contribution in [0, 0.1) is 11.8 Å². The van der Waals surface area contributed by atoms with Crippen LogP contribution in [0.2, 0.25) is 5.02 Å². The van der Waals surface area contributed by atoms with Gasteiger partial charge in [0.05, 0.1) is 40.6 Å². The number of nitrogens with zero attached hydrogens (tertiary/aromatic N) is 2. The van der Waals surface area contributed by atoms with Crippen molar-refractivity contribution in [3.8, 4) is 5.75 Å². The summed E-state index contributed by atoms with van der Waals surface area (Å²) in [5.74, 6) is -2.44. The van der Waals surface area contributed by atoms with Crippen LogP contribution in [0.5, 0.6) is 5.75 Å². The number of benzene rings is 4. The van der Waals surface area contributed by atoms with Gasteiger partial charge in [-0.3, -0.25) is 14.4 Å². The van der Waals surface area contributed by atoms with Gasteiger partial charge in [-0.05, 0) is 46.5 Å². The summed E-state index contributed by atoms with van der Waals surface area (Å²) in [4.78, 5) is 43.0. The molecule has 7 nitrogen and oxygen atoms in total. The Bertz CT molecular complexity index is 1740. The third kappa shape index (κ3) is 3.45. The summed E-state index contributed by atoms with van der Waals surface area (Å²) in [6.07, 6.45) is 1.63. The van der Waals surface area contributed by atoms with Gasteiger partial charge in [0.2, 0.25) is 11.8 Å². The van der Waals surface area contributed by atoms with Crippen LogP contribution in [-0.2, 0) is 15.0 Å². The molecular formula is C33H24ClN3O4. The number of anilines is 1. The predicted octanol–water partition coefficient (Wildman–Crippen LogP) is 5.32. The summed E-state index contributed by atoms with van der Waals surface area (Å²) in [5, 5.41) is 4.78. The van der Waals surface area contributed by atoms with Crippen molar-refractivity contribution < 1.29 is 19.1 Å². The molecule has 0 aromatic heterocycles. The Kier molecular flexibility index (Phi) is 5.80. The average Bonchev–Trinajstić information content (AvgIpc) is 3.28. The summed E-state index contributed by atoms with van der Waals surface area (Å²) >= 11 is 6.50. The zero-order valence-electron chi connectivity index (χ0n) is 22.0. The molecule has 0 saturated carbocycles. The number of halogens is 1. The number of carbonyl (C=O) groups excluding carboxylic acids is 3. The molecule has 202 valence electrons. The number of hydrogen-bond acceptors (Lipinski definition) is 5. The van der Waals surface area contributed by atoms with Crippen molar-refractivity contribution in [2.75, 3.05) is 12.0 Å². The second-order valence-corrected chi connectivity index (χ2v) is 10.8. The molecule has 41 heavy (non-hydrogen) atoms. The molecular weight excluding hydrogens is 538 g/mol. The number of hydrazone groups is 1. The Morgan fingerprint density at radius 2 is 1.49 bits per heavy atom. The number of nitrogens with one attached hydrogen (secondary N) is 1. The van der Waals surface area contributed by atoms with E-state index < -0.39 is 23.2 Å². The van der Waals surface area contributed by atoms with Crippen LogP contribution in [0.3, 0.4) is 0 Å². The molecule has 8 heteroatoms. The van der Waals surface area contributed by atoms with Crippen molar-refractivity contribution in [2.24, 2.45) is 16.9 Å². The van der Waals surface area contributed by atoms with Crippen LogP contribution in [0.4, 0.5) is 5.69 Å². The van der Waals surface area contributed by atoms with Gasteiger partial charge in [-0.2, -0.15) is 5.10 Å². The van der Waals surface area contributed by atoms with Crippen LogP contribution in [0.1, 0.15) is 38.5 Å². The van der Waals surface area contributed by atoms with E-state index in [-0.39, 0.29) is 17.7 Å². The minimum Gasteiger partial charge on any atom is -0.496 e. The molecule has 0 unspecified atom stereocenters. The van der Waals surface area contributed by atoms with Gasteiger partial charge in [0.25, 0.3) is 5.91 Å². The van der Waals surface area contributed by atoms with Crippen LogP contribution >= 0.6 is 11.6 Å². The molecule has 1 saturated heterocycles. The Labute approximate surface area is 241 Å². The minimum absolute atomic E-state index is 0.294. The fourth-order valence-electron chi connectivity index (χ4n) is 7.01. The monoisotopic (exact) mass is 561 g/mol. The molecule has 4 aliphatic rings. The Morgan fingerprint density at radius 3 is 2.17 bits per heavy atom. The highest BCUT2D eigenvalue weighted by Gasteiger charge is 2.68. The predicted molar refractivity (Wildman–Crippen MR) is 155 cm³/mol. The zero-order valence-corrected chi connectivity index (χ0v) is 22.7. The fourth-order valence-corrected chi connectivity index (χ4v) is 7.23. The molecule has 4 aromatic rings. The maximum absolute atomic E-state index is 14.4. The molecule has 3 aliphatic carbocycles. The first-order valence-corrected chi connectivity index (χ1v) is 13.7.